The molecule has 0 spiro atoms. The van der Waals surface area contributed by atoms with Crippen LogP contribution in [0.3, 0.4) is 0 Å². The molecule has 11 atom stereocenters. The number of hydrogen-bond donors (Lipinski definition) is 4. The van der Waals surface area contributed by atoms with Crippen molar-refractivity contribution in [2.24, 2.45) is 0 Å². The Labute approximate surface area is 356 Å². The van der Waals surface area contributed by atoms with Crippen LogP contribution < -0.4 is 0 Å². The second-order valence-electron chi connectivity index (χ2n) is 20.4. The minimum absolute atomic E-state index is 0.0478. The van der Waals surface area contributed by atoms with E-state index in [-0.39, 0.29) is 29.9 Å². The molecule has 0 amide bonds. The molecule has 12 nitrogen and oxygen atoms in total. The molecule has 4 N–H and O–H groups in total. The van der Waals surface area contributed by atoms with Crippen molar-refractivity contribution in [2.75, 3.05) is 6.61 Å². The van der Waals surface area contributed by atoms with Gasteiger partial charge in [0.2, 0.25) is 0 Å². The highest BCUT2D eigenvalue weighted by molar-refractivity contribution is 6.74. The van der Waals surface area contributed by atoms with Crippen molar-refractivity contribution >= 4 is 16.6 Å². The summed E-state index contributed by atoms with van der Waals surface area (Å²) < 4.78 is 53.2. The number of aliphatic hydroxyl groups is 4. The van der Waals surface area contributed by atoms with Crippen LogP contribution in [0, 0.1) is 0 Å². The van der Waals surface area contributed by atoms with Gasteiger partial charge in [0.1, 0.15) is 61.0 Å². The third kappa shape index (κ3) is 13.0. The minimum Gasteiger partial charge on any atom is -0.408 e. The van der Waals surface area contributed by atoms with Gasteiger partial charge >= 0.3 is 0 Å². The lowest BCUT2D eigenvalue weighted by molar-refractivity contribution is -0.217. The normalized spacial score (nSPS) is 25.5. The summed E-state index contributed by atoms with van der Waals surface area (Å²) >= 11 is 0. The van der Waals surface area contributed by atoms with Gasteiger partial charge < -0.3 is 57.7 Å². The van der Waals surface area contributed by atoms with Crippen LogP contribution in [0.1, 0.15) is 87.3 Å². The fraction of sp³-hybridized carbons (Fsp3) is 0.733. The Kier molecular flexibility index (Phi) is 16.5. The molecule has 2 aromatic rings. The van der Waals surface area contributed by atoms with E-state index in [1.165, 1.54) is 6.92 Å². The lowest BCUT2D eigenvalue weighted by Crippen LogP contribution is -2.64. The van der Waals surface area contributed by atoms with E-state index in [1.807, 2.05) is 115 Å². The fourth-order valence-electron chi connectivity index (χ4n) is 6.89. The van der Waals surface area contributed by atoms with Crippen molar-refractivity contribution < 1.29 is 57.7 Å². The van der Waals surface area contributed by atoms with Gasteiger partial charge in [-0.1, -0.05) is 102 Å². The highest BCUT2D eigenvalue weighted by Crippen LogP contribution is 2.43. The summed E-state index contributed by atoms with van der Waals surface area (Å²) in [7, 11) is -5.52. The molecule has 2 saturated heterocycles. The number of aliphatic hydroxyl groups excluding tert-OH is 4. The summed E-state index contributed by atoms with van der Waals surface area (Å²) in [5, 5.41) is 47.9. The van der Waals surface area contributed by atoms with Crippen molar-refractivity contribution in [3.63, 3.8) is 0 Å². The Hall–Kier alpha value is -1.61. The molecule has 14 heteroatoms. The molecular weight excluding hydrogens is 789 g/mol. The van der Waals surface area contributed by atoms with Gasteiger partial charge in [0, 0.05) is 0 Å². The van der Waals surface area contributed by atoms with Gasteiger partial charge in [0.05, 0.1) is 25.9 Å². The van der Waals surface area contributed by atoms with E-state index in [4.69, 9.17) is 37.3 Å². The monoisotopic (exact) mass is 864 g/mol. The van der Waals surface area contributed by atoms with E-state index in [9.17, 15) is 20.4 Å². The van der Waals surface area contributed by atoms with Crippen LogP contribution in [-0.4, -0.2) is 122 Å². The topological polar surface area (TPSA) is 155 Å². The SMILES string of the molecule is C[C@@H](O)[C@H](O)[C@H](O[Si](C)(C)C(C)(C)C)[C@H](O[Si](C)(C)C(C)(C)C)[C@H](O)[C@@H](O)[C@@H](OCc1ccccc1)[C@H](OCc1ccccc1)[C@@H]1OC(C)(C)O[C@@H]1[C@H]1COC(C)(C)O1. The van der Waals surface area contributed by atoms with E-state index in [0.717, 1.165) is 11.1 Å². The zero-order valence-corrected chi connectivity index (χ0v) is 40.3. The largest absolute Gasteiger partial charge is 0.408 e. The molecule has 0 bridgehead atoms. The maximum Gasteiger partial charge on any atom is 0.192 e. The standard InChI is InChI=1S/C45H76O12Si2/c1-29(46)33(47)38(56-58(12,13)42(2,3)4)39(57-59(14,15)43(5,6)7)35(49)34(48)37(50-26-30-22-18-16-19-23-30)40(51-27-31-24-20-17-21-25-31)41-36(54-45(10,11)55-41)32-28-52-44(8,9)53-32/h16-25,29,32-41,46-49H,26-28H2,1-15H3/t29-,32-,33+,34-,35-,36-,37-,38+,39-,40+,41-/m1/s1. The molecule has 59 heavy (non-hydrogen) atoms. The van der Waals surface area contributed by atoms with Crippen LogP contribution in [-0.2, 0) is 50.5 Å². The zero-order chi connectivity index (χ0) is 44.4. The van der Waals surface area contributed by atoms with Crippen LogP contribution in [0.5, 0.6) is 0 Å². The molecular formula is C45H76O12Si2. The van der Waals surface area contributed by atoms with E-state index in [2.05, 4.69) is 41.5 Å². The van der Waals surface area contributed by atoms with Crippen LogP contribution in [0.4, 0.5) is 0 Å². The lowest BCUT2D eigenvalue weighted by Gasteiger charge is -2.49. The number of hydrogen-bond acceptors (Lipinski definition) is 12. The first-order chi connectivity index (χ1) is 27.1. The van der Waals surface area contributed by atoms with Gasteiger partial charge in [-0.2, -0.15) is 0 Å². The smallest absolute Gasteiger partial charge is 0.192 e. The first kappa shape index (κ1) is 50.0. The molecule has 0 unspecified atom stereocenters. The first-order valence-corrected chi connectivity index (χ1v) is 26.9. The van der Waals surface area contributed by atoms with Crippen molar-refractivity contribution in [3.8, 4) is 0 Å². The first-order valence-electron chi connectivity index (χ1n) is 21.1. The summed E-state index contributed by atoms with van der Waals surface area (Å²) in [4.78, 5) is 0. The fourth-order valence-corrected chi connectivity index (χ4v) is 9.51. The molecule has 2 aliphatic rings. The second kappa shape index (κ2) is 19.4. The van der Waals surface area contributed by atoms with Crippen LogP contribution in [0.15, 0.2) is 60.7 Å². The average Bonchev–Trinajstić information content (AvgIpc) is 3.66. The Morgan fingerprint density at radius 2 is 1.07 bits per heavy atom. The average molecular weight is 865 g/mol. The predicted octanol–water partition coefficient (Wildman–Crippen LogP) is 7.07. The van der Waals surface area contributed by atoms with E-state index in [0.29, 0.717) is 0 Å². The number of rotatable bonds is 19. The highest BCUT2D eigenvalue weighted by Gasteiger charge is 2.57. The molecule has 0 aromatic heterocycles. The molecule has 0 radical (unpaired) electrons. The third-order valence-electron chi connectivity index (χ3n) is 12.4. The van der Waals surface area contributed by atoms with Crippen molar-refractivity contribution in [2.45, 2.75) is 204 Å². The molecule has 4 rings (SSSR count). The molecule has 0 aliphatic carbocycles. The summed E-state index contributed by atoms with van der Waals surface area (Å²) in [6.07, 6.45) is -13.3. The maximum atomic E-state index is 12.9. The summed E-state index contributed by atoms with van der Waals surface area (Å²) in [5.41, 5.74) is 1.70. The van der Waals surface area contributed by atoms with Crippen molar-refractivity contribution in [1.82, 2.24) is 0 Å². The van der Waals surface area contributed by atoms with Crippen LogP contribution >= 0.6 is 0 Å². The van der Waals surface area contributed by atoms with E-state index < -0.39 is 95.4 Å². The number of ether oxygens (including phenoxy) is 6. The lowest BCUT2D eigenvalue weighted by atomic mass is 9.89. The van der Waals surface area contributed by atoms with Crippen LogP contribution in [0.2, 0.25) is 36.3 Å². The van der Waals surface area contributed by atoms with E-state index >= 15 is 0 Å². The summed E-state index contributed by atoms with van der Waals surface area (Å²) in [6.45, 7) is 29.7. The second-order valence-corrected chi connectivity index (χ2v) is 29.9. The van der Waals surface area contributed by atoms with Gasteiger partial charge in [-0.25, -0.2) is 0 Å². The third-order valence-corrected chi connectivity index (χ3v) is 21.4. The van der Waals surface area contributed by atoms with E-state index in [1.54, 1.807) is 0 Å². The highest BCUT2D eigenvalue weighted by atomic mass is 28.4. The minimum atomic E-state index is -2.80. The van der Waals surface area contributed by atoms with Gasteiger partial charge in [-0.05, 0) is 82.0 Å². The molecule has 2 aliphatic heterocycles. The van der Waals surface area contributed by atoms with Gasteiger partial charge in [-0.15, -0.1) is 0 Å². The van der Waals surface area contributed by atoms with Gasteiger partial charge in [0.25, 0.3) is 0 Å². The Morgan fingerprint density at radius 1 is 0.627 bits per heavy atom. The summed E-state index contributed by atoms with van der Waals surface area (Å²) in [5.74, 6) is -1.96. The summed E-state index contributed by atoms with van der Waals surface area (Å²) in [6, 6.07) is 19.2. The molecule has 0 saturated carbocycles. The number of benzene rings is 2. The quantitative estimate of drug-likeness (QED) is 0.107. The Bertz CT molecular complexity index is 1580. The predicted molar refractivity (Wildman–Crippen MR) is 233 cm³/mol. The van der Waals surface area contributed by atoms with Crippen molar-refractivity contribution in [3.05, 3.63) is 71.8 Å². The Balaban J connectivity index is 1.90. The maximum absolute atomic E-state index is 12.9. The van der Waals surface area contributed by atoms with Gasteiger partial charge in [0.15, 0.2) is 28.2 Å². The molecule has 2 heterocycles. The Morgan fingerprint density at radius 3 is 1.49 bits per heavy atom. The zero-order valence-electron chi connectivity index (χ0n) is 38.3. The molecule has 2 fully saturated rings. The molecule has 336 valence electrons. The van der Waals surface area contributed by atoms with Gasteiger partial charge in [-0.3, -0.25) is 0 Å². The van der Waals surface area contributed by atoms with Crippen LogP contribution in [0.25, 0.3) is 0 Å². The van der Waals surface area contributed by atoms with Crippen molar-refractivity contribution in [1.29, 1.82) is 0 Å². The molecule has 2 aromatic carbocycles.